The maximum absolute atomic E-state index is 12.3. The SMILES string of the molecule is CCC(O)CN1CCN(C(=O)Nc2cccc(OC)c2)CC1. The number of nitrogens with zero attached hydrogens (tertiary/aromatic N) is 2. The van der Waals surface area contributed by atoms with Gasteiger partial charge in [-0.05, 0) is 18.6 Å². The predicted molar refractivity (Wildman–Crippen MR) is 86.3 cm³/mol. The summed E-state index contributed by atoms with van der Waals surface area (Å²) in [4.78, 5) is 16.3. The molecule has 1 fully saturated rings. The maximum atomic E-state index is 12.3. The molecule has 1 aliphatic heterocycles. The Labute approximate surface area is 131 Å². The van der Waals surface area contributed by atoms with Crippen LogP contribution in [0.5, 0.6) is 5.75 Å². The zero-order valence-electron chi connectivity index (χ0n) is 13.3. The molecule has 2 rings (SSSR count). The molecule has 0 aromatic heterocycles. The van der Waals surface area contributed by atoms with Crippen molar-refractivity contribution in [3.63, 3.8) is 0 Å². The lowest BCUT2D eigenvalue weighted by Gasteiger charge is -2.35. The van der Waals surface area contributed by atoms with E-state index in [0.717, 1.165) is 30.9 Å². The fraction of sp³-hybridized carbons (Fsp3) is 0.562. The van der Waals surface area contributed by atoms with Crippen molar-refractivity contribution < 1.29 is 14.6 Å². The number of urea groups is 1. The second-order valence-corrected chi connectivity index (χ2v) is 5.51. The van der Waals surface area contributed by atoms with E-state index in [1.807, 2.05) is 25.1 Å². The molecule has 1 aromatic carbocycles. The molecule has 1 heterocycles. The van der Waals surface area contributed by atoms with Gasteiger partial charge in [-0.2, -0.15) is 0 Å². The quantitative estimate of drug-likeness (QED) is 0.867. The number of aliphatic hydroxyl groups is 1. The van der Waals surface area contributed by atoms with E-state index in [1.165, 1.54) is 0 Å². The molecule has 1 atom stereocenters. The van der Waals surface area contributed by atoms with Crippen LogP contribution in [0.25, 0.3) is 0 Å². The topological polar surface area (TPSA) is 65.0 Å². The van der Waals surface area contributed by atoms with Crippen molar-refractivity contribution in [3.05, 3.63) is 24.3 Å². The highest BCUT2D eigenvalue weighted by Crippen LogP contribution is 2.17. The Morgan fingerprint density at radius 1 is 1.36 bits per heavy atom. The number of carbonyl (C=O) groups excluding carboxylic acids is 1. The van der Waals surface area contributed by atoms with Crippen LogP contribution in [0.3, 0.4) is 0 Å². The van der Waals surface area contributed by atoms with E-state index in [-0.39, 0.29) is 12.1 Å². The predicted octanol–water partition coefficient (Wildman–Crippen LogP) is 1.62. The first-order valence-corrected chi connectivity index (χ1v) is 7.72. The Morgan fingerprint density at radius 2 is 2.09 bits per heavy atom. The second-order valence-electron chi connectivity index (χ2n) is 5.51. The van der Waals surface area contributed by atoms with Crippen LogP contribution in [0.1, 0.15) is 13.3 Å². The van der Waals surface area contributed by atoms with Crippen molar-refractivity contribution in [2.75, 3.05) is 45.2 Å². The molecule has 1 unspecified atom stereocenters. The second kappa shape index (κ2) is 8.00. The number of carbonyl (C=O) groups is 1. The van der Waals surface area contributed by atoms with Gasteiger partial charge in [-0.3, -0.25) is 4.90 Å². The van der Waals surface area contributed by atoms with Crippen molar-refractivity contribution in [3.8, 4) is 5.75 Å². The van der Waals surface area contributed by atoms with E-state index in [1.54, 1.807) is 18.1 Å². The van der Waals surface area contributed by atoms with E-state index in [9.17, 15) is 9.90 Å². The number of β-amino-alcohol motifs (C(OH)–C–C–N with tert-alkyl or cyclic N) is 1. The van der Waals surface area contributed by atoms with Gasteiger partial charge in [-0.15, -0.1) is 0 Å². The summed E-state index contributed by atoms with van der Waals surface area (Å²) >= 11 is 0. The van der Waals surface area contributed by atoms with Gasteiger partial charge in [0.1, 0.15) is 5.75 Å². The number of hydrogen-bond acceptors (Lipinski definition) is 4. The van der Waals surface area contributed by atoms with Gasteiger partial charge >= 0.3 is 6.03 Å². The van der Waals surface area contributed by atoms with E-state index in [2.05, 4.69) is 10.2 Å². The number of aliphatic hydroxyl groups excluding tert-OH is 1. The van der Waals surface area contributed by atoms with Gasteiger partial charge in [-0.25, -0.2) is 4.79 Å². The number of methoxy groups -OCH3 is 1. The molecule has 2 amide bonds. The van der Waals surface area contributed by atoms with Crippen molar-refractivity contribution in [2.45, 2.75) is 19.4 Å². The fourth-order valence-corrected chi connectivity index (χ4v) is 2.46. The molecule has 22 heavy (non-hydrogen) atoms. The van der Waals surface area contributed by atoms with E-state index >= 15 is 0 Å². The Hall–Kier alpha value is -1.79. The number of nitrogens with one attached hydrogen (secondary N) is 1. The standard InChI is InChI=1S/C16H25N3O3/c1-3-14(20)12-18-7-9-19(10-8-18)16(21)17-13-5-4-6-15(11-13)22-2/h4-6,11,14,20H,3,7-10,12H2,1-2H3,(H,17,21). The van der Waals surface area contributed by atoms with E-state index in [0.29, 0.717) is 19.6 Å². The molecular weight excluding hydrogens is 282 g/mol. The third-order valence-corrected chi connectivity index (χ3v) is 3.92. The summed E-state index contributed by atoms with van der Waals surface area (Å²) < 4.78 is 5.15. The monoisotopic (exact) mass is 307 g/mol. The van der Waals surface area contributed by atoms with Gasteiger partial charge in [-0.1, -0.05) is 13.0 Å². The normalized spacial score (nSPS) is 17.1. The minimum Gasteiger partial charge on any atom is -0.497 e. The number of benzene rings is 1. The number of amides is 2. The lowest BCUT2D eigenvalue weighted by molar-refractivity contribution is 0.0812. The average Bonchev–Trinajstić information content (AvgIpc) is 2.55. The van der Waals surface area contributed by atoms with Gasteiger partial charge in [0.2, 0.25) is 0 Å². The van der Waals surface area contributed by atoms with Gasteiger partial charge < -0.3 is 20.1 Å². The molecule has 6 heteroatoms. The average molecular weight is 307 g/mol. The van der Waals surface area contributed by atoms with Crippen molar-refractivity contribution in [1.29, 1.82) is 0 Å². The number of anilines is 1. The Balaban J connectivity index is 1.82. The highest BCUT2D eigenvalue weighted by atomic mass is 16.5. The van der Waals surface area contributed by atoms with Crippen molar-refractivity contribution >= 4 is 11.7 Å². The smallest absolute Gasteiger partial charge is 0.321 e. The first-order valence-electron chi connectivity index (χ1n) is 7.72. The molecule has 122 valence electrons. The molecule has 1 aromatic rings. The molecule has 0 aliphatic carbocycles. The number of ether oxygens (including phenoxy) is 1. The highest BCUT2D eigenvalue weighted by molar-refractivity contribution is 5.89. The molecule has 1 aliphatic rings. The van der Waals surface area contributed by atoms with Crippen LogP contribution in [0.15, 0.2) is 24.3 Å². The molecule has 6 nitrogen and oxygen atoms in total. The third-order valence-electron chi connectivity index (χ3n) is 3.92. The number of rotatable bonds is 5. The minimum atomic E-state index is -0.280. The molecule has 1 saturated heterocycles. The molecule has 0 saturated carbocycles. The molecule has 2 N–H and O–H groups in total. The van der Waals surface area contributed by atoms with Gasteiger partial charge in [0.25, 0.3) is 0 Å². The highest BCUT2D eigenvalue weighted by Gasteiger charge is 2.22. The summed E-state index contributed by atoms with van der Waals surface area (Å²) in [7, 11) is 1.60. The summed E-state index contributed by atoms with van der Waals surface area (Å²) in [5.41, 5.74) is 0.730. The van der Waals surface area contributed by atoms with Crippen molar-refractivity contribution in [2.24, 2.45) is 0 Å². The van der Waals surface area contributed by atoms with Crippen LogP contribution in [-0.4, -0.2) is 66.9 Å². The summed E-state index contributed by atoms with van der Waals surface area (Å²) in [5, 5.41) is 12.6. The van der Waals surface area contributed by atoms with Gasteiger partial charge in [0, 0.05) is 44.5 Å². The summed E-state index contributed by atoms with van der Waals surface area (Å²) in [6.45, 7) is 5.59. The Bertz CT molecular complexity index is 487. The maximum Gasteiger partial charge on any atom is 0.321 e. The lowest BCUT2D eigenvalue weighted by Crippen LogP contribution is -2.51. The fourth-order valence-electron chi connectivity index (χ4n) is 2.46. The third kappa shape index (κ3) is 4.61. The Kier molecular flexibility index (Phi) is 6.03. The van der Waals surface area contributed by atoms with Gasteiger partial charge in [0.15, 0.2) is 0 Å². The number of hydrogen-bond donors (Lipinski definition) is 2. The summed E-state index contributed by atoms with van der Waals surface area (Å²) in [5.74, 6) is 0.719. The first-order chi connectivity index (χ1) is 10.6. The zero-order valence-corrected chi connectivity index (χ0v) is 13.3. The van der Waals surface area contributed by atoms with Crippen LogP contribution in [-0.2, 0) is 0 Å². The van der Waals surface area contributed by atoms with Crippen LogP contribution in [0.2, 0.25) is 0 Å². The molecule has 0 spiro atoms. The van der Waals surface area contributed by atoms with Crippen LogP contribution in [0, 0.1) is 0 Å². The molecule has 0 radical (unpaired) electrons. The van der Waals surface area contributed by atoms with Crippen molar-refractivity contribution in [1.82, 2.24) is 9.80 Å². The summed E-state index contributed by atoms with van der Waals surface area (Å²) in [6, 6.07) is 7.23. The van der Waals surface area contributed by atoms with Crippen LogP contribution >= 0.6 is 0 Å². The van der Waals surface area contributed by atoms with E-state index in [4.69, 9.17) is 4.74 Å². The van der Waals surface area contributed by atoms with Crippen LogP contribution < -0.4 is 10.1 Å². The minimum absolute atomic E-state index is 0.0936. The number of piperazine rings is 1. The van der Waals surface area contributed by atoms with Crippen LogP contribution in [0.4, 0.5) is 10.5 Å². The largest absolute Gasteiger partial charge is 0.497 e. The summed E-state index contributed by atoms with van der Waals surface area (Å²) in [6.07, 6.45) is 0.480. The first kappa shape index (κ1) is 16.6. The Morgan fingerprint density at radius 3 is 2.73 bits per heavy atom. The van der Waals surface area contributed by atoms with Gasteiger partial charge in [0.05, 0.1) is 13.2 Å². The molecular formula is C16H25N3O3. The lowest BCUT2D eigenvalue weighted by atomic mass is 10.2. The zero-order chi connectivity index (χ0) is 15.9. The van der Waals surface area contributed by atoms with E-state index < -0.39 is 0 Å². The molecule has 0 bridgehead atoms.